The van der Waals surface area contributed by atoms with Crippen LogP contribution in [0.2, 0.25) is 0 Å². The van der Waals surface area contributed by atoms with Gasteiger partial charge < -0.3 is 34.5 Å². The molecule has 0 radical (unpaired) electrons. The van der Waals surface area contributed by atoms with Crippen molar-refractivity contribution in [3.63, 3.8) is 0 Å². The van der Waals surface area contributed by atoms with Gasteiger partial charge in [-0.15, -0.1) is 0 Å². The van der Waals surface area contributed by atoms with E-state index in [4.69, 9.17) is 18.9 Å². The number of anilines is 1. The molecule has 4 heterocycles. The molecule has 4 aliphatic heterocycles. The van der Waals surface area contributed by atoms with Crippen LogP contribution in [0.1, 0.15) is 38.7 Å². The average molecular weight is 588 g/mol. The molecule has 43 heavy (non-hydrogen) atoms. The summed E-state index contributed by atoms with van der Waals surface area (Å²) in [4.78, 5) is 44.0. The quantitative estimate of drug-likeness (QED) is 0.475. The van der Waals surface area contributed by atoms with Gasteiger partial charge in [-0.2, -0.15) is 0 Å². The van der Waals surface area contributed by atoms with Crippen molar-refractivity contribution in [2.75, 3.05) is 19.2 Å². The highest BCUT2D eigenvalue weighted by Gasteiger charge is 2.72. The molecule has 3 amide bonds. The van der Waals surface area contributed by atoms with Crippen LogP contribution in [-0.4, -0.2) is 60.3 Å². The number of methoxy groups -OCH3 is 1. The number of ether oxygens (including phenoxy) is 4. The summed E-state index contributed by atoms with van der Waals surface area (Å²) in [7, 11) is 1.58. The van der Waals surface area contributed by atoms with Crippen LogP contribution >= 0.6 is 0 Å². The van der Waals surface area contributed by atoms with Crippen molar-refractivity contribution in [1.29, 1.82) is 0 Å². The first-order valence-corrected chi connectivity index (χ1v) is 15.1. The Hall–Kier alpha value is -4.05. The summed E-state index contributed by atoms with van der Waals surface area (Å²) in [6, 6.07) is 11.6. The van der Waals surface area contributed by atoms with Crippen molar-refractivity contribution in [1.82, 2.24) is 10.2 Å². The van der Waals surface area contributed by atoms with Gasteiger partial charge >= 0.3 is 0 Å². The third-order valence-electron chi connectivity index (χ3n) is 10.1. The maximum absolute atomic E-state index is 14.4. The minimum atomic E-state index is -1.24. The van der Waals surface area contributed by atoms with Gasteiger partial charge in [0.2, 0.25) is 24.5 Å². The van der Waals surface area contributed by atoms with Crippen LogP contribution in [0, 0.1) is 23.7 Å². The first-order chi connectivity index (χ1) is 20.8. The highest BCUT2D eigenvalue weighted by atomic mass is 16.7. The molecule has 7 rings (SSSR count). The van der Waals surface area contributed by atoms with E-state index in [1.807, 2.05) is 30.4 Å². The number of hydrogen-bond donors (Lipinski definition) is 2. The largest absolute Gasteiger partial charge is 0.497 e. The van der Waals surface area contributed by atoms with Crippen LogP contribution < -0.4 is 24.8 Å². The number of hydrogen-bond acceptors (Lipinski definition) is 7. The second-order valence-electron chi connectivity index (χ2n) is 12.5. The number of fused-ring (bicyclic) bond motifs is 2. The molecule has 2 saturated heterocycles. The third-order valence-corrected chi connectivity index (χ3v) is 10.1. The predicted octanol–water partition coefficient (Wildman–Crippen LogP) is 3.65. The summed E-state index contributed by atoms with van der Waals surface area (Å²) in [5.41, 5.74) is 0.140. The standard InChI is InChI=1S/C33H37N3O7/c1-18-5-4-6-23(19(18)2)35-31(38)29-33-14-13-25(43-33)27(30(37)34-21-8-10-22(40-3)11-9-21)28(33)32(39)36(29)16-20-7-12-24-26(15-20)42-17-41-24/h7-15,18-19,23,25,27-29H,4-6,16-17H2,1-3H3,(H,34,37)(H,35,38)/t18-,19+,23+,25-,27+,28-,29-,33-/m0/s1. The van der Waals surface area contributed by atoms with Gasteiger partial charge in [-0.3, -0.25) is 14.4 Å². The number of nitrogens with one attached hydrogen (secondary N) is 2. The molecule has 10 nitrogen and oxygen atoms in total. The van der Waals surface area contributed by atoms with E-state index in [0.29, 0.717) is 34.8 Å². The monoisotopic (exact) mass is 587 g/mol. The van der Waals surface area contributed by atoms with E-state index in [1.54, 1.807) is 36.3 Å². The van der Waals surface area contributed by atoms with Crippen LogP contribution in [-0.2, 0) is 25.7 Å². The highest BCUT2D eigenvalue weighted by molar-refractivity contribution is 6.02. The van der Waals surface area contributed by atoms with Crippen LogP contribution in [0.15, 0.2) is 54.6 Å². The summed E-state index contributed by atoms with van der Waals surface area (Å²) < 4.78 is 22.8. The molecular weight excluding hydrogens is 550 g/mol. The van der Waals surface area contributed by atoms with E-state index in [1.165, 1.54) is 0 Å². The van der Waals surface area contributed by atoms with Crippen molar-refractivity contribution < 1.29 is 33.3 Å². The van der Waals surface area contributed by atoms with Crippen molar-refractivity contribution >= 4 is 23.4 Å². The number of nitrogens with zero attached hydrogens (tertiary/aromatic N) is 1. The molecule has 2 N–H and O–H groups in total. The van der Waals surface area contributed by atoms with Gasteiger partial charge in [-0.1, -0.05) is 44.9 Å². The minimum Gasteiger partial charge on any atom is -0.497 e. The second-order valence-corrected chi connectivity index (χ2v) is 12.5. The van der Waals surface area contributed by atoms with Crippen LogP contribution in [0.3, 0.4) is 0 Å². The minimum absolute atomic E-state index is 0.00551. The molecule has 0 aromatic heterocycles. The summed E-state index contributed by atoms with van der Waals surface area (Å²) in [5, 5.41) is 6.25. The maximum atomic E-state index is 14.4. The number of benzene rings is 2. The topological polar surface area (TPSA) is 115 Å². The molecule has 226 valence electrons. The Kier molecular flexibility index (Phi) is 6.84. The molecule has 1 spiro atoms. The molecule has 2 aromatic carbocycles. The Labute approximate surface area is 250 Å². The van der Waals surface area contributed by atoms with E-state index >= 15 is 0 Å². The fraction of sp³-hybridized carbons (Fsp3) is 0.485. The Morgan fingerprint density at radius 3 is 2.63 bits per heavy atom. The van der Waals surface area contributed by atoms with Gasteiger partial charge in [0.1, 0.15) is 17.4 Å². The van der Waals surface area contributed by atoms with E-state index in [-0.39, 0.29) is 37.1 Å². The van der Waals surface area contributed by atoms with Crippen molar-refractivity contribution in [2.24, 2.45) is 23.7 Å². The lowest BCUT2D eigenvalue weighted by Crippen LogP contribution is -2.57. The van der Waals surface area contributed by atoms with Gasteiger partial charge in [0.15, 0.2) is 11.5 Å². The van der Waals surface area contributed by atoms with Gasteiger partial charge in [-0.25, -0.2) is 0 Å². The van der Waals surface area contributed by atoms with Gasteiger partial charge in [0.25, 0.3) is 0 Å². The van der Waals surface area contributed by atoms with E-state index in [0.717, 1.165) is 24.8 Å². The van der Waals surface area contributed by atoms with Crippen molar-refractivity contribution in [3.8, 4) is 17.2 Å². The van der Waals surface area contributed by atoms with E-state index < -0.39 is 29.6 Å². The van der Waals surface area contributed by atoms with E-state index in [2.05, 4.69) is 24.5 Å². The molecule has 2 aromatic rings. The smallest absolute Gasteiger partial charge is 0.246 e. The molecule has 1 aliphatic carbocycles. The van der Waals surface area contributed by atoms with Gasteiger partial charge in [-0.05, 0) is 60.2 Å². The lowest BCUT2D eigenvalue weighted by molar-refractivity contribution is -0.142. The third kappa shape index (κ3) is 4.54. The fourth-order valence-corrected chi connectivity index (χ4v) is 7.62. The number of rotatable bonds is 7. The molecule has 10 heteroatoms. The number of carbonyl (C=O) groups is 3. The Morgan fingerprint density at radius 1 is 1.05 bits per heavy atom. The second kappa shape index (κ2) is 10.6. The van der Waals surface area contributed by atoms with Crippen molar-refractivity contribution in [2.45, 2.75) is 63.4 Å². The molecule has 5 aliphatic rings. The maximum Gasteiger partial charge on any atom is 0.246 e. The predicted molar refractivity (Wildman–Crippen MR) is 156 cm³/mol. The fourth-order valence-electron chi connectivity index (χ4n) is 7.62. The molecule has 1 saturated carbocycles. The Bertz CT molecular complexity index is 1480. The molecule has 3 fully saturated rings. The average Bonchev–Trinajstić information content (AvgIpc) is 3.77. The zero-order chi connectivity index (χ0) is 29.9. The molecule has 8 atom stereocenters. The summed E-state index contributed by atoms with van der Waals surface area (Å²) >= 11 is 0. The first kappa shape index (κ1) is 27.8. The highest BCUT2D eigenvalue weighted by Crippen LogP contribution is 2.55. The van der Waals surface area contributed by atoms with Gasteiger partial charge in [0.05, 0.1) is 25.0 Å². The van der Waals surface area contributed by atoms with Crippen molar-refractivity contribution in [3.05, 3.63) is 60.2 Å². The van der Waals surface area contributed by atoms with Gasteiger partial charge in [0, 0.05) is 18.3 Å². The lowest BCUT2D eigenvalue weighted by atomic mass is 9.73. The van der Waals surface area contributed by atoms with Crippen LogP contribution in [0.25, 0.3) is 0 Å². The zero-order valence-electron chi connectivity index (χ0n) is 24.6. The Morgan fingerprint density at radius 2 is 1.84 bits per heavy atom. The zero-order valence-corrected chi connectivity index (χ0v) is 24.6. The van der Waals surface area contributed by atoms with Crippen LogP contribution in [0.4, 0.5) is 5.69 Å². The SMILES string of the molecule is COc1ccc(NC(=O)[C@@H]2[C@@H]3C=C[C@]4(O3)[C@@H]2C(=O)N(Cc2ccc3c(c2)OCO3)[C@H]4C(=O)N[C@@H]2CCC[C@H](C)[C@H]2C)cc1. The summed E-state index contributed by atoms with van der Waals surface area (Å²) in [6.45, 7) is 4.70. The first-order valence-electron chi connectivity index (χ1n) is 15.1. The molecule has 0 unspecified atom stereocenters. The summed E-state index contributed by atoms with van der Waals surface area (Å²) in [5.74, 6) is 0.243. The number of likely N-dealkylation sites (tertiary alicyclic amines) is 1. The normalized spacial score (nSPS) is 33.4. The molecular formula is C33H37N3O7. The molecule has 2 bridgehead atoms. The number of carbonyl (C=O) groups excluding carboxylic acids is 3. The summed E-state index contributed by atoms with van der Waals surface area (Å²) in [6.07, 6.45) is 6.13. The number of amides is 3. The van der Waals surface area contributed by atoms with Crippen LogP contribution in [0.5, 0.6) is 17.2 Å². The van der Waals surface area contributed by atoms with E-state index in [9.17, 15) is 14.4 Å². The lowest BCUT2D eigenvalue weighted by Gasteiger charge is -2.38. The Balaban J connectivity index is 1.20.